The Morgan fingerprint density at radius 3 is 2.48 bits per heavy atom. The molecule has 0 radical (unpaired) electrons. The Morgan fingerprint density at radius 1 is 1.16 bits per heavy atom. The molecular weight excluding hydrogens is 430 g/mol. The van der Waals surface area contributed by atoms with E-state index in [1.807, 2.05) is 30.3 Å². The molecule has 1 aliphatic carbocycles. The van der Waals surface area contributed by atoms with Crippen LogP contribution in [0.25, 0.3) is 0 Å². The molecule has 1 heterocycles. The maximum atomic E-state index is 13.2. The van der Waals surface area contributed by atoms with E-state index in [2.05, 4.69) is 20.6 Å². The van der Waals surface area contributed by atoms with Crippen molar-refractivity contribution in [3.8, 4) is 0 Å². The van der Waals surface area contributed by atoms with E-state index in [4.69, 9.17) is 0 Å². The molecule has 0 unspecified atom stereocenters. The lowest BCUT2D eigenvalue weighted by atomic mass is 9.64. The Kier molecular flexibility index (Phi) is 7.16. The van der Waals surface area contributed by atoms with Crippen molar-refractivity contribution in [2.75, 3.05) is 13.6 Å². The summed E-state index contributed by atoms with van der Waals surface area (Å²) in [5.41, 5.74) is 2.25. The van der Waals surface area contributed by atoms with Crippen LogP contribution in [0, 0.1) is 5.82 Å². The highest BCUT2D eigenvalue weighted by Crippen LogP contribution is 2.43. The number of guanidine groups is 1. The first-order chi connectivity index (χ1) is 11.7. The van der Waals surface area contributed by atoms with Gasteiger partial charge in [-0.1, -0.05) is 24.6 Å². The summed E-state index contributed by atoms with van der Waals surface area (Å²) >= 11 is 0. The number of pyridine rings is 1. The topological polar surface area (TPSA) is 49.3 Å². The molecule has 0 amide bonds. The van der Waals surface area contributed by atoms with Crippen molar-refractivity contribution in [3.63, 3.8) is 0 Å². The smallest absolute Gasteiger partial charge is 0.191 e. The predicted molar refractivity (Wildman–Crippen MR) is 110 cm³/mol. The largest absolute Gasteiger partial charge is 0.356 e. The second-order valence-corrected chi connectivity index (χ2v) is 6.24. The first kappa shape index (κ1) is 19.6. The number of nitrogens with one attached hydrogen (secondary N) is 2. The van der Waals surface area contributed by atoms with E-state index in [0.717, 1.165) is 31.0 Å². The molecule has 1 aliphatic rings. The van der Waals surface area contributed by atoms with Gasteiger partial charge in [0.2, 0.25) is 0 Å². The lowest BCUT2D eigenvalue weighted by Gasteiger charge is -2.43. The second-order valence-electron chi connectivity index (χ2n) is 6.24. The quantitative estimate of drug-likeness (QED) is 0.412. The van der Waals surface area contributed by atoms with Crippen molar-refractivity contribution in [2.45, 2.75) is 31.2 Å². The van der Waals surface area contributed by atoms with Gasteiger partial charge in [0.25, 0.3) is 0 Å². The maximum absolute atomic E-state index is 13.2. The zero-order chi connectivity index (χ0) is 16.8. The van der Waals surface area contributed by atoms with Gasteiger partial charge >= 0.3 is 0 Å². The van der Waals surface area contributed by atoms with E-state index in [0.29, 0.717) is 6.54 Å². The molecule has 1 fully saturated rings. The highest BCUT2D eigenvalue weighted by atomic mass is 127. The van der Waals surface area contributed by atoms with Gasteiger partial charge in [-0.2, -0.15) is 0 Å². The van der Waals surface area contributed by atoms with Crippen molar-refractivity contribution < 1.29 is 4.39 Å². The number of hydrogen-bond donors (Lipinski definition) is 2. The summed E-state index contributed by atoms with van der Waals surface area (Å²) in [5, 5.41) is 6.70. The van der Waals surface area contributed by atoms with Crippen molar-refractivity contribution in [1.29, 1.82) is 0 Å². The van der Waals surface area contributed by atoms with Crippen LogP contribution in [0.3, 0.4) is 0 Å². The average Bonchev–Trinajstić information content (AvgIpc) is 2.59. The van der Waals surface area contributed by atoms with Crippen LogP contribution < -0.4 is 10.6 Å². The molecule has 1 aromatic heterocycles. The number of nitrogens with zero attached hydrogens (tertiary/aromatic N) is 2. The number of benzene rings is 1. The van der Waals surface area contributed by atoms with E-state index in [1.54, 1.807) is 25.4 Å². The van der Waals surface area contributed by atoms with Gasteiger partial charge in [-0.05, 0) is 42.7 Å². The Morgan fingerprint density at radius 2 is 1.92 bits per heavy atom. The zero-order valence-corrected chi connectivity index (χ0v) is 16.7. The summed E-state index contributed by atoms with van der Waals surface area (Å²) in [6.45, 7) is 1.42. The van der Waals surface area contributed by atoms with Gasteiger partial charge in [-0.25, -0.2) is 4.39 Å². The van der Waals surface area contributed by atoms with Gasteiger partial charge in [0, 0.05) is 25.2 Å². The first-order valence-corrected chi connectivity index (χ1v) is 8.32. The van der Waals surface area contributed by atoms with E-state index in [1.165, 1.54) is 12.0 Å². The molecule has 0 atom stereocenters. The molecule has 1 saturated carbocycles. The summed E-state index contributed by atoms with van der Waals surface area (Å²) in [4.78, 5) is 8.58. The third-order valence-electron chi connectivity index (χ3n) is 4.75. The van der Waals surface area contributed by atoms with E-state index in [9.17, 15) is 4.39 Å². The van der Waals surface area contributed by atoms with Crippen LogP contribution in [-0.4, -0.2) is 24.5 Å². The fourth-order valence-corrected chi connectivity index (χ4v) is 3.13. The molecule has 0 bridgehead atoms. The molecule has 134 valence electrons. The van der Waals surface area contributed by atoms with E-state index < -0.39 is 0 Å². The minimum atomic E-state index is -0.186. The summed E-state index contributed by atoms with van der Waals surface area (Å²) in [5.74, 6) is 0.572. The third kappa shape index (κ3) is 4.90. The zero-order valence-electron chi connectivity index (χ0n) is 14.3. The van der Waals surface area contributed by atoms with Crippen molar-refractivity contribution in [2.24, 2.45) is 4.99 Å². The van der Waals surface area contributed by atoms with Gasteiger partial charge < -0.3 is 10.6 Å². The Labute approximate surface area is 165 Å². The minimum absolute atomic E-state index is 0. The van der Waals surface area contributed by atoms with Crippen LogP contribution in [0.4, 0.5) is 4.39 Å². The Bertz CT molecular complexity index is 684. The molecule has 0 aliphatic heterocycles. The molecule has 0 saturated heterocycles. The van der Waals surface area contributed by atoms with Gasteiger partial charge in [0.05, 0.1) is 12.2 Å². The lowest BCUT2D eigenvalue weighted by Crippen LogP contribution is -2.48. The molecule has 0 spiro atoms. The first-order valence-electron chi connectivity index (χ1n) is 8.32. The van der Waals surface area contributed by atoms with E-state index in [-0.39, 0.29) is 35.2 Å². The van der Waals surface area contributed by atoms with Crippen LogP contribution in [0.5, 0.6) is 0 Å². The molecule has 6 heteroatoms. The van der Waals surface area contributed by atoms with Crippen LogP contribution >= 0.6 is 24.0 Å². The van der Waals surface area contributed by atoms with Gasteiger partial charge in [-0.15, -0.1) is 24.0 Å². The number of halogens is 2. The minimum Gasteiger partial charge on any atom is -0.356 e. The molecule has 25 heavy (non-hydrogen) atoms. The van der Waals surface area contributed by atoms with Gasteiger partial charge in [0.15, 0.2) is 5.96 Å². The Balaban J connectivity index is 0.00000225. The van der Waals surface area contributed by atoms with Gasteiger partial charge in [-0.3, -0.25) is 9.98 Å². The van der Waals surface area contributed by atoms with Gasteiger partial charge in [0.1, 0.15) is 5.82 Å². The molecular formula is C19H24FIN4. The molecule has 2 N–H and O–H groups in total. The highest BCUT2D eigenvalue weighted by molar-refractivity contribution is 14.0. The van der Waals surface area contributed by atoms with Crippen molar-refractivity contribution in [3.05, 3.63) is 65.7 Å². The van der Waals surface area contributed by atoms with Crippen LogP contribution in [0.1, 0.15) is 30.5 Å². The number of aromatic nitrogens is 1. The van der Waals surface area contributed by atoms with Crippen LogP contribution in [-0.2, 0) is 12.0 Å². The average molecular weight is 454 g/mol. The van der Waals surface area contributed by atoms with Crippen molar-refractivity contribution >= 4 is 29.9 Å². The SMILES string of the molecule is CN=C(NCc1ccccn1)NCC1(c2ccc(F)cc2)CCC1.I. The highest BCUT2D eigenvalue weighted by Gasteiger charge is 2.38. The second kappa shape index (κ2) is 9.12. The third-order valence-corrected chi connectivity index (χ3v) is 4.75. The maximum Gasteiger partial charge on any atom is 0.191 e. The van der Waals surface area contributed by atoms with Crippen LogP contribution in [0.15, 0.2) is 53.7 Å². The summed E-state index contributed by atoms with van der Waals surface area (Å²) in [6, 6.07) is 12.7. The molecule has 2 aromatic rings. The normalized spacial score (nSPS) is 15.7. The molecule has 3 rings (SSSR count). The number of rotatable bonds is 5. The number of hydrogen-bond acceptors (Lipinski definition) is 2. The Hall–Kier alpha value is -1.70. The number of aliphatic imine (C=N–C) groups is 1. The fourth-order valence-electron chi connectivity index (χ4n) is 3.13. The fraction of sp³-hybridized carbons (Fsp3) is 0.368. The monoisotopic (exact) mass is 454 g/mol. The molecule has 1 aromatic carbocycles. The van der Waals surface area contributed by atoms with Crippen LogP contribution in [0.2, 0.25) is 0 Å². The van der Waals surface area contributed by atoms with E-state index >= 15 is 0 Å². The lowest BCUT2D eigenvalue weighted by molar-refractivity contribution is 0.243. The summed E-state index contributed by atoms with van der Waals surface area (Å²) in [7, 11) is 1.76. The summed E-state index contributed by atoms with van der Waals surface area (Å²) in [6.07, 6.45) is 5.22. The predicted octanol–water partition coefficient (Wildman–Crippen LogP) is 3.63. The molecule has 4 nitrogen and oxygen atoms in total. The summed E-state index contributed by atoms with van der Waals surface area (Å²) < 4.78 is 13.2. The van der Waals surface area contributed by atoms with Crippen molar-refractivity contribution in [1.82, 2.24) is 15.6 Å². The standard InChI is InChI=1S/C19H23FN4.HI/c1-21-18(23-13-17-5-2-3-12-22-17)24-14-19(10-4-11-19)15-6-8-16(20)9-7-15;/h2-3,5-9,12H,4,10-11,13-14H2,1H3,(H2,21,23,24);1H.